The fourth-order valence-corrected chi connectivity index (χ4v) is 2.92. The Kier molecular flexibility index (Phi) is 6.46. The Morgan fingerprint density at radius 2 is 1.83 bits per heavy atom. The van der Waals surface area contributed by atoms with Crippen LogP contribution in [0.1, 0.15) is 32.6 Å². The second-order valence-electron chi connectivity index (χ2n) is 5.96. The summed E-state index contributed by atoms with van der Waals surface area (Å²) in [6, 6.07) is 5.30. The van der Waals surface area contributed by atoms with E-state index >= 15 is 0 Å². The minimum atomic E-state index is -0.0660. The van der Waals surface area contributed by atoms with Crippen molar-refractivity contribution in [2.45, 2.75) is 32.6 Å². The van der Waals surface area contributed by atoms with Crippen molar-refractivity contribution in [3.05, 3.63) is 18.2 Å². The van der Waals surface area contributed by atoms with Crippen molar-refractivity contribution >= 4 is 17.5 Å². The van der Waals surface area contributed by atoms with E-state index in [2.05, 4.69) is 5.32 Å². The second-order valence-corrected chi connectivity index (χ2v) is 5.96. The number of ether oxygens (including phenoxy) is 2. The van der Waals surface area contributed by atoms with E-state index in [1.165, 1.54) is 0 Å². The Hall–Kier alpha value is -2.24. The molecule has 1 aliphatic rings. The SMILES string of the molecule is CCCC(=O)N1CCC(C(=O)Nc2ccc(OC)c(OC)c2)CC1. The molecule has 0 aliphatic carbocycles. The number of nitrogens with one attached hydrogen (secondary N) is 1. The predicted molar refractivity (Wildman–Crippen MR) is 92.4 cm³/mol. The molecule has 0 bridgehead atoms. The maximum Gasteiger partial charge on any atom is 0.227 e. The molecule has 132 valence electrons. The minimum Gasteiger partial charge on any atom is -0.493 e. The maximum absolute atomic E-state index is 12.4. The summed E-state index contributed by atoms with van der Waals surface area (Å²) in [5.74, 6) is 1.32. The summed E-state index contributed by atoms with van der Waals surface area (Å²) < 4.78 is 10.4. The van der Waals surface area contributed by atoms with Gasteiger partial charge in [-0.25, -0.2) is 0 Å². The van der Waals surface area contributed by atoms with Gasteiger partial charge in [-0.2, -0.15) is 0 Å². The van der Waals surface area contributed by atoms with Crippen molar-refractivity contribution in [3.8, 4) is 11.5 Å². The van der Waals surface area contributed by atoms with Crippen LogP contribution in [0.15, 0.2) is 18.2 Å². The highest BCUT2D eigenvalue weighted by Gasteiger charge is 2.27. The molecule has 2 amide bonds. The average molecular weight is 334 g/mol. The molecule has 1 N–H and O–H groups in total. The summed E-state index contributed by atoms with van der Waals surface area (Å²) in [7, 11) is 3.14. The van der Waals surface area contributed by atoms with Crippen LogP contribution in [0.25, 0.3) is 0 Å². The normalized spacial score (nSPS) is 15.0. The molecule has 6 heteroatoms. The van der Waals surface area contributed by atoms with Gasteiger partial charge >= 0.3 is 0 Å². The van der Waals surface area contributed by atoms with Gasteiger partial charge in [0.15, 0.2) is 11.5 Å². The molecule has 1 fully saturated rings. The van der Waals surface area contributed by atoms with Crippen LogP contribution in [-0.4, -0.2) is 44.0 Å². The van der Waals surface area contributed by atoms with Gasteiger partial charge in [-0.05, 0) is 31.4 Å². The molecule has 0 atom stereocenters. The average Bonchev–Trinajstić information content (AvgIpc) is 2.61. The van der Waals surface area contributed by atoms with E-state index in [0.717, 1.165) is 6.42 Å². The van der Waals surface area contributed by atoms with E-state index < -0.39 is 0 Å². The fourth-order valence-electron chi connectivity index (χ4n) is 2.92. The van der Waals surface area contributed by atoms with Gasteiger partial charge < -0.3 is 19.7 Å². The molecular formula is C18H26N2O4. The number of anilines is 1. The van der Waals surface area contributed by atoms with Crippen molar-refractivity contribution in [1.82, 2.24) is 4.90 Å². The fraction of sp³-hybridized carbons (Fsp3) is 0.556. The van der Waals surface area contributed by atoms with Gasteiger partial charge in [0.2, 0.25) is 11.8 Å². The number of nitrogens with zero attached hydrogens (tertiary/aromatic N) is 1. The summed E-state index contributed by atoms with van der Waals surface area (Å²) >= 11 is 0. The van der Waals surface area contributed by atoms with E-state index in [9.17, 15) is 9.59 Å². The first kappa shape index (κ1) is 18.1. The zero-order valence-electron chi connectivity index (χ0n) is 14.6. The molecule has 0 saturated carbocycles. The van der Waals surface area contributed by atoms with Crippen LogP contribution in [0.3, 0.4) is 0 Å². The van der Waals surface area contributed by atoms with Crippen molar-refractivity contribution < 1.29 is 19.1 Å². The molecule has 0 aromatic heterocycles. The monoisotopic (exact) mass is 334 g/mol. The molecule has 0 radical (unpaired) electrons. The van der Waals surface area contributed by atoms with Crippen molar-refractivity contribution in [2.75, 3.05) is 32.6 Å². The third-order valence-electron chi connectivity index (χ3n) is 4.33. The molecule has 1 aromatic rings. The number of hydrogen-bond acceptors (Lipinski definition) is 4. The second kappa shape index (κ2) is 8.57. The van der Waals surface area contributed by atoms with Gasteiger partial charge in [-0.3, -0.25) is 9.59 Å². The quantitative estimate of drug-likeness (QED) is 0.868. The van der Waals surface area contributed by atoms with E-state index in [1.807, 2.05) is 11.8 Å². The summed E-state index contributed by atoms with van der Waals surface area (Å²) in [4.78, 5) is 26.2. The van der Waals surface area contributed by atoms with Crippen LogP contribution in [0.2, 0.25) is 0 Å². The number of amides is 2. The maximum atomic E-state index is 12.4. The summed E-state index contributed by atoms with van der Waals surface area (Å²) in [5, 5.41) is 2.93. The van der Waals surface area contributed by atoms with Crippen molar-refractivity contribution in [2.24, 2.45) is 5.92 Å². The molecule has 24 heavy (non-hydrogen) atoms. The molecule has 0 spiro atoms. The number of methoxy groups -OCH3 is 2. The Balaban J connectivity index is 1.91. The van der Waals surface area contributed by atoms with Gasteiger partial charge in [-0.1, -0.05) is 6.92 Å². The largest absolute Gasteiger partial charge is 0.493 e. The van der Waals surface area contributed by atoms with Gasteiger partial charge in [-0.15, -0.1) is 0 Å². The van der Waals surface area contributed by atoms with Crippen LogP contribution in [0, 0.1) is 5.92 Å². The molecule has 2 rings (SSSR count). The van der Waals surface area contributed by atoms with Gasteiger partial charge in [0.05, 0.1) is 14.2 Å². The molecule has 1 heterocycles. The Labute approximate surface area is 143 Å². The molecule has 1 aliphatic heterocycles. The highest BCUT2D eigenvalue weighted by Crippen LogP contribution is 2.30. The number of benzene rings is 1. The third-order valence-corrected chi connectivity index (χ3v) is 4.33. The highest BCUT2D eigenvalue weighted by molar-refractivity contribution is 5.93. The first-order valence-corrected chi connectivity index (χ1v) is 8.39. The Morgan fingerprint density at radius 3 is 2.42 bits per heavy atom. The standard InChI is InChI=1S/C18H26N2O4/c1-4-5-17(21)20-10-8-13(9-11-20)18(22)19-14-6-7-15(23-2)16(12-14)24-3/h6-7,12-13H,4-5,8-11H2,1-3H3,(H,19,22). The lowest BCUT2D eigenvalue weighted by Gasteiger charge is -2.31. The number of piperidine rings is 1. The number of rotatable bonds is 6. The predicted octanol–water partition coefficient (Wildman–Crippen LogP) is 2.68. The summed E-state index contributed by atoms with van der Waals surface area (Å²) in [6.45, 7) is 3.31. The van der Waals surface area contributed by atoms with E-state index in [-0.39, 0.29) is 17.7 Å². The Bertz CT molecular complexity index is 580. The minimum absolute atomic E-state index is 0.00943. The third kappa shape index (κ3) is 4.40. The number of carbonyl (C=O) groups is 2. The van der Waals surface area contributed by atoms with E-state index in [4.69, 9.17) is 9.47 Å². The summed E-state index contributed by atoms with van der Waals surface area (Å²) in [5.41, 5.74) is 0.683. The molecule has 1 aromatic carbocycles. The van der Waals surface area contributed by atoms with Gasteiger partial charge in [0.1, 0.15) is 0 Å². The number of likely N-dealkylation sites (tertiary alicyclic amines) is 1. The van der Waals surface area contributed by atoms with Crippen LogP contribution in [-0.2, 0) is 9.59 Å². The van der Waals surface area contributed by atoms with Crippen molar-refractivity contribution in [3.63, 3.8) is 0 Å². The van der Waals surface area contributed by atoms with Crippen LogP contribution in [0.5, 0.6) is 11.5 Å². The Morgan fingerprint density at radius 1 is 1.17 bits per heavy atom. The lowest BCUT2D eigenvalue weighted by molar-refractivity contribution is -0.134. The molecule has 0 unspecified atom stereocenters. The van der Waals surface area contributed by atoms with Crippen LogP contribution < -0.4 is 14.8 Å². The number of carbonyl (C=O) groups excluding carboxylic acids is 2. The lowest BCUT2D eigenvalue weighted by Crippen LogP contribution is -2.41. The lowest BCUT2D eigenvalue weighted by atomic mass is 9.95. The highest BCUT2D eigenvalue weighted by atomic mass is 16.5. The molecular weight excluding hydrogens is 308 g/mol. The molecule has 1 saturated heterocycles. The smallest absolute Gasteiger partial charge is 0.227 e. The topological polar surface area (TPSA) is 67.9 Å². The first-order valence-electron chi connectivity index (χ1n) is 8.39. The zero-order valence-corrected chi connectivity index (χ0v) is 14.6. The van der Waals surface area contributed by atoms with E-state index in [0.29, 0.717) is 49.5 Å². The van der Waals surface area contributed by atoms with Crippen LogP contribution in [0.4, 0.5) is 5.69 Å². The molecule has 6 nitrogen and oxygen atoms in total. The number of hydrogen-bond donors (Lipinski definition) is 1. The van der Waals surface area contributed by atoms with Crippen LogP contribution >= 0.6 is 0 Å². The van der Waals surface area contributed by atoms with Gasteiger partial charge in [0.25, 0.3) is 0 Å². The van der Waals surface area contributed by atoms with Crippen molar-refractivity contribution in [1.29, 1.82) is 0 Å². The van der Waals surface area contributed by atoms with Gasteiger partial charge in [0, 0.05) is 37.2 Å². The zero-order chi connectivity index (χ0) is 17.5. The first-order chi connectivity index (χ1) is 11.6. The summed E-state index contributed by atoms with van der Waals surface area (Å²) in [6.07, 6.45) is 2.85. The van der Waals surface area contributed by atoms with E-state index in [1.54, 1.807) is 32.4 Å².